The summed E-state index contributed by atoms with van der Waals surface area (Å²) in [5.41, 5.74) is 2.03. The summed E-state index contributed by atoms with van der Waals surface area (Å²) >= 11 is 0. The van der Waals surface area contributed by atoms with Crippen LogP contribution in [0, 0.1) is 6.92 Å². The van der Waals surface area contributed by atoms with E-state index in [1.54, 1.807) is 0 Å². The number of urea groups is 1. The second-order valence-corrected chi connectivity index (χ2v) is 6.00. The summed E-state index contributed by atoms with van der Waals surface area (Å²) in [4.78, 5) is 19.4. The van der Waals surface area contributed by atoms with Crippen LogP contribution in [0.2, 0.25) is 0 Å². The SMILES string of the molecule is Cc1cccc2c1OCC(NC(=O)Nc1ccnc(OCC(F)(F)F)n1)C2. The van der Waals surface area contributed by atoms with Gasteiger partial charge in [-0.3, -0.25) is 5.32 Å². The Hall–Kier alpha value is -3.04. The second kappa shape index (κ2) is 7.68. The number of para-hydroxylation sites is 1. The molecule has 144 valence electrons. The van der Waals surface area contributed by atoms with Crippen LogP contribution in [0.25, 0.3) is 0 Å². The van der Waals surface area contributed by atoms with Gasteiger partial charge in [-0.1, -0.05) is 18.2 Å². The van der Waals surface area contributed by atoms with E-state index >= 15 is 0 Å². The van der Waals surface area contributed by atoms with Crippen LogP contribution in [0.3, 0.4) is 0 Å². The highest BCUT2D eigenvalue weighted by Crippen LogP contribution is 2.28. The molecule has 0 saturated heterocycles. The van der Waals surface area contributed by atoms with E-state index in [1.807, 2.05) is 25.1 Å². The fraction of sp³-hybridized carbons (Fsp3) is 0.353. The summed E-state index contributed by atoms with van der Waals surface area (Å²) in [5.74, 6) is 0.853. The van der Waals surface area contributed by atoms with Crippen molar-refractivity contribution >= 4 is 11.8 Å². The van der Waals surface area contributed by atoms with Crippen molar-refractivity contribution in [3.05, 3.63) is 41.6 Å². The summed E-state index contributed by atoms with van der Waals surface area (Å²) in [7, 11) is 0. The van der Waals surface area contributed by atoms with Crippen LogP contribution in [-0.2, 0) is 6.42 Å². The maximum Gasteiger partial charge on any atom is 0.422 e. The zero-order valence-corrected chi connectivity index (χ0v) is 14.3. The Morgan fingerprint density at radius 1 is 1.37 bits per heavy atom. The molecule has 3 rings (SSSR count). The van der Waals surface area contributed by atoms with Gasteiger partial charge in [-0.05, 0) is 30.5 Å². The number of halogens is 3. The molecule has 1 aromatic carbocycles. The topological polar surface area (TPSA) is 85.4 Å². The Kier molecular flexibility index (Phi) is 5.33. The van der Waals surface area contributed by atoms with Crippen molar-refractivity contribution in [1.29, 1.82) is 0 Å². The molecule has 10 heteroatoms. The molecule has 2 aromatic rings. The van der Waals surface area contributed by atoms with Gasteiger partial charge in [0.1, 0.15) is 18.2 Å². The fourth-order valence-electron chi connectivity index (χ4n) is 2.65. The Balaban J connectivity index is 1.55. The van der Waals surface area contributed by atoms with Crippen molar-refractivity contribution in [2.45, 2.75) is 25.6 Å². The Morgan fingerprint density at radius 3 is 2.96 bits per heavy atom. The third-order valence-corrected chi connectivity index (χ3v) is 3.76. The summed E-state index contributed by atoms with van der Waals surface area (Å²) in [5, 5.41) is 5.19. The number of alkyl halides is 3. The van der Waals surface area contributed by atoms with Crippen molar-refractivity contribution in [3.63, 3.8) is 0 Å². The molecule has 0 fully saturated rings. The number of fused-ring (bicyclic) bond motifs is 1. The number of carbonyl (C=O) groups is 1. The second-order valence-electron chi connectivity index (χ2n) is 6.00. The molecule has 27 heavy (non-hydrogen) atoms. The van der Waals surface area contributed by atoms with Gasteiger partial charge in [0.05, 0.1) is 6.04 Å². The minimum absolute atomic E-state index is 0.0210. The zero-order valence-electron chi connectivity index (χ0n) is 14.3. The lowest BCUT2D eigenvalue weighted by Gasteiger charge is -2.27. The van der Waals surface area contributed by atoms with Gasteiger partial charge in [-0.15, -0.1) is 0 Å². The molecule has 7 nitrogen and oxygen atoms in total. The molecule has 0 radical (unpaired) electrons. The molecule has 1 aliphatic heterocycles. The van der Waals surface area contributed by atoms with Crippen LogP contribution < -0.4 is 20.1 Å². The molecule has 0 aliphatic carbocycles. The predicted octanol–water partition coefficient (Wildman–Crippen LogP) is 2.85. The van der Waals surface area contributed by atoms with Crippen molar-refractivity contribution in [3.8, 4) is 11.8 Å². The number of hydrogen-bond acceptors (Lipinski definition) is 5. The summed E-state index contributed by atoms with van der Waals surface area (Å²) in [6.07, 6.45) is -2.70. The van der Waals surface area contributed by atoms with Crippen LogP contribution in [0.5, 0.6) is 11.8 Å². The predicted molar refractivity (Wildman–Crippen MR) is 89.9 cm³/mol. The molecule has 0 saturated carbocycles. The lowest BCUT2D eigenvalue weighted by molar-refractivity contribution is -0.154. The smallest absolute Gasteiger partial charge is 0.422 e. The van der Waals surface area contributed by atoms with E-state index in [0.717, 1.165) is 16.9 Å². The van der Waals surface area contributed by atoms with Gasteiger partial charge in [-0.25, -0.2) is 9.78 Å². The maximum absolute atomic E-state index is 12.2. The largest absolute Gasteiger partial charge is 0.491 e. The molecular weight excluding hydrogens is 365 g/mol. The van der Waals surface area contributed by atoms with Gasteiger partial charge in [-0.2, -0.15) is 18.2 Å². The number of nitrogens with zero attached hydrogens (tertiary/aromatic N) is 2. The molecule has 2 N–H and O–H groups in total. The van der Waals surface area contributed by atoms with Crippen molar-refractivity contribution < 1.29 is 27.4 Å². The molecule has 0 spiro atoms. The highest BCUT2D eigenvalue weighted by atomic mass is 19.4. The molecule has 2 heterocycles. The highest BCUT2D eigenvalue weighted by molar-refractivity contribution is 5.88. The third kappa shape index (κ3) is 5.22. The number of nitrogens with one attached hydrogen (secondary N) is 2. The molecule has 1 aliphatic rings. The van der Waals surface area contributed by atoms with Crippen LogP contribution in [0.1, 0.15) is 11.1 Å². The van der Waals surface area contributed by atoms with Crippen LogP contribution in [0.15, 0.2) is 30.5 Å². The van der Waals surface area contributed by atoms with Gasteiger partial charge >= 0.3 is 18.2 Å². The Bertz CT molecular complexity index is 829. The van der Waals surface area contributed by atoms with E-state index < -0.39 is 24.8 Å². The monoisotopic (exact) mass is 382 g/mol. The Morgan fingerprint density at radius 2 is 2.19 bits per heavy atom. The fourth-order valence-corrected chi connectivity index (χ4v) is 2.65. The van der Waals surface area contributed by atoms with Crippen molar-refractivity contribution in [2.24, 2.45) is 0 Å². The summed E-state index contributed by atoms with van der Waals surface area (Å²) in [6, 6.07) is 5.87. The van der Waals surface area contributed by atoms with E-state index in [4.69, 9.17) is 4.74 Å². The van der Waals surface area contributed by atoms with Crippen LogP contribution in [-0.4, -0.2) is 41.4 Å². The molecule has 2 amide bonds. The summed E-state index contributed by atoms with van der Waals surface area (Å²) in [6.45, 7) is 0.753. The van der Waals surface area contributed by atoms with Gasteiger partial charge in [0.2, 0.25) is 0 Å². The lowest BCUT2D eigenvalue weighted by atomic mass is 10.0. The first kappa shape index (κ1) is 18.7. The van der Waals surface area contributed by atoms with Gasteiger partial charge in [0, 0.05) is 6.20 Å². The zero-order chi connectivity index (χ0) is 19.4. The van der Waals surface area contributed by atoms with Gasteiger partial charge < -0.3 is 14.8 Å². The van der Waals surface area contributed by atoms with Crippen molar-refractivity contribution in [2.75, 3.05) is 18.5 Å². The number of amides is 2. The average Bonchev–Trinajstić information content (AvgIpc) is 2.60. The number of ether oxygens (including phenoxy) is 2. The quantitative estimate of drug-likeness (QED) is 0.849. The van der Waals surface area contributed by atoms with E-state index in [2.05, 4.69) is 25.3 Å². The first-order chi connectivity index (χ1) is 12.8. The number of carbonyl (C=O) groups excluding carboxylic acids is 1. The molecule has 1 atom stereocenters. The first-order valence-corrected chi connectivity index (χ1v) is 8.11. The number of rotatable bonds is 4. The molecule has 1 aromatic heterocycles. The molecule has 0 bridgehead atoms. The summed E-state index contributed by atoms with van der Waals surface area (Å²) < 4.78 is 46.7. The lowest BCUT2D eigenvalue weighted by Crippen LogP contribution is -2.44. The highest BCUT2D eigenvalue weighted by Gasteiger charge is 2.29. The van der Waals surface area contributed by atoms with E-state index in [-0.39, 0.29) is 11.9 Å². The number of aromatic nitrogens is 2. The normalized spacial score (nSPS) is 16.1. The minimum atomic E-state index is -4.50. The Labute approximate surface area is 152 Å². The number of anilines is 1. The molecule has 1 unspecified atom stereocenters. The van der Waals surface area contributed by atoms with Gasteiger partial charge in [0.25, 0.3) is 0 Å². The standard InChI is InChI=1S/C17H17F3N4O3/c1-10-3-2-4-11-7-12(8-26-14(10)11)22-15(25)23-13-5-6-21-16(24-13)27-9-17(18,19)20/h2-6,12H,7-9H2,1H3,(H2,21,22,23,24,25). The number of hydrogen-bond donors (Lipinski definition) is 2. The average molecular weight is 382 g/mol. The van der Waals surface area contributed by atoms with Crippen molar-refractivity contribution in [1.82, 2.24) is 15.3 Å². The minimum Gasteiger partial charge on any atom is -0.491 e. The first-order valence-electron chi connectivity index (χ1n) is 8.11. The van der Waals surface area contributed by atoms with Crippen LogP contribution >= 0.6 is 0 Å². The number of aryl methyl sites for hydroxylation is 1. The van der Waals surface area contributed by atoms with E-state index in [0.29, 0.717) is 13.0 Å². The molecular formula is C17H17F3N4O3. The maximum atomic E-state index is 12.2. The third-order valence-electron chi connectivity index (χ3n) is 3.76. The van der Waals surface area contributed by atoms with E-state index in [1.165, 1.54) is 12.3 Å². The van der Waals surface area contributed by atoms with E-state index in [9.17, 15) is 18.0 Å². The van der Waals surface area contributed by atoms with Crippen LogP contribution in [0.4, 0.5) is 23.8 Å². The van der Waals surface area contributed by atoms with Gasteiger partial charge in [0.15, 0.2) is 6.61 Å². The number of benzene rings is 1.